The van der Waals surface area contributed by atoms with Gasteiger partial charge in [-0.1, -0.05) is 18.2 Å². The number of aliphatic imine (C=N–C) groups is 1. The molecule has 174 valence electrons. The molecule has 2 aromatic rings. The fourth-order valence-corrected chi connectivity index (χ4v) is 4.71. The molecule has 32 heavy (non-hydrogen) atoms. The lowest BCUT2D eigenvalue weighted by Gasteiger charge is -2.24. The largest absolute Gasteiger partial charge is 0.497 e. The molecule has 6 nitrogen and oxygen atoms in total. The van der Waals surface area contributed by atoms with Gasteiger partial charge in [0.25, 0.3) is 0 Å². The quantitative estimate of drug-likeness (QED) is 0.332. The van der Waals surface area contributed by atoms with Crippen molar-refractivity contribution in [3.63, 3.8) is 0 Å². The number of methoxy groups -OCH3 is 2. The maximum Gasteiger partial charge on any atom is 0.193 e. The summed E-state index contributed by atoms with van der Waals surface area (Å²) in [6, 6.07) is 16.8. The van der Waals surface area contributed by atoms with Gasteiger partial charge in [0, 0.05) is 57.4 Å². The number of rotatable bonds is 6. The number of ether oxygens (including phenoxy) is 2. The molecule has 0 bridgehead atoms. The zero-order valence-corrected chi connectivity index (χ0v) is 21.6. The molecule has 2 aromatic carbocycles. The first kappa shape index (κ1) is 24.5. The van der Waals surface area contributed by atoms with Crippen LogP contribution in [-0.4, -0.2) is 64.9 Å². The molecule has 2 saturated heterocycles. The minimum absolute atomic E-state index is 0. The summed E-state index contributed by atoms with van der Waals surface area (Å²) >= 11 is 0. The number of anilines is 1. The Morgan fingerprint density at radius 2 is 1.78 bits per heavy atom. The molecule has 2 aliphatic heterocycles. The molecule has 2 aliphatic rings. The zero-order valence-electron chi connectivity index (χ0n) is 19.3. The predicted molar refractivity (Wildman–Crippen MR) is 142 cm³/mol. The Morgan fingerprint density at radius 3 is 2.50 bits per heavy atom. The fourth-order valence-electron chi connectivity index (χ4n) is 4.71. The van der Waals surface area contributed by atoms with Crippen molar-refractivity contribution in [2.75, 3.05) is 58.9 Å². The molecule has 7 heteroatoms. The second-order valence-corrected chi connectivity index (χ2v) is 8.44. The first-order valence-corrected chi connectivity index (χ1v) is 11.2. The van der Waals surface area contributed by atoms with E-state index in [2.05, 4.69) is 62.6 Å². The predicted octanol–water partition coefficient (Wildman–Crippen LogP) is 4.21. The standard InChI is InChI=1S/C25H34N4O2.HI/c1-26-25(29-14-12-21(18-29)20-7-9-23(30-2)10-8-20)27-16-19-11-13-28(17-19)22-5-4-6-24(15-22)31-3;/h4-10,15,19,21H,11-14,16-18H2,1-3H3,(H,26,27);1H. The molecule has 2 atom stereocenters. The minimum Gasteiger partial charge on any atom is -0.497 e. The van der Waals surface area contributed by atoms with Crippen LogP contribution in [0, 0.1) is 5.92 Å². The maximum atomic E-state index is 5.38. The van der Waals surface area contributed by atoms with Crippen LogP contribution < -0.4 is 19.7 Å². The van der Waals surface area contributed by atoms with Crippen molar-refractivity contribution in [1.29, 1.82) is 0 Å². The highest BCUT2D eigenvalue weighted by Crippen LogP contribution is 2.29. The number of hydrogen-bond acceptors (Lipinski definition) is 4. The average molecular weight is 550 g/mol. The molecule has 0 spiro atoms. The average Bonchev–Trinajstić information content (AvgIpc) is 3.50. The third-order valence-corrected chi connectivity index (χ3v) is 6.54. The van der Waals surface area contributed by atoms with Crippen LogP contribution in [0.25, 0.3) is 0 Å². The summed E-state index contributed by atoms with van der Waals surface area (Å²) in [5.41, 5.74) is 2.62. The van der Waals surface area contributed by atoms with Crippen LogP contribution in [0.4, 0.5) is 5.69 Å². The topological polar surface area (TPSA) is 49.3 Å². The van der Waals surface area contributed by atoms with E-state index in [0.717, 1.165) is 56.6 Å². The van der Waals surface area contributed by atoms with E-state index in [1.807, 2.05) is 13.1 Å². The number of benzene rings is 2. The van der Waals surface area contributed by atoms with E-state index in [1.54, 1.807) is 14.2 Å². The van der Waals surface area contributed by atoms with Crippen LogP contribution >= 0.6 is 24.0 Å². The highest BCUT2D eigenvalue weighted by molar-refractivity contribution is 14.0. The van der Waals surface area contributed by atoms with Crippen LogP contribution in [0.15, 0.2) is 53.5 Å². The van der Waals surface area contributed by atoms with Crippen molar-refractivity contribution in [1.82, 2.24) is 10.2 Å². The summed E-state index contributed by atoms with van der Waals surface area (Å²) in [5.74, 6) is 4.01. The van der Waals surface area contributed by atoms with Gasteiger partial charge in [-0.2, -0.15) is 0 Å². The van der Waals surface area contributed by atoms with E-state index in [1.165, 1.54) is 17.7 Å². The zero-order chi connectivity index (χ0) is 21.6. The smallest absolute Gasteiger partial charge is 0.193 e. The molecule has 0 amide bonds. The van der Waals surface area contributed by atoms with Gasteiger partial charge in [-0.3, -0.25) is 4.99 Å². The molecule has 4 rings (SSSR count). The first-order valence-electron chi connectivity index (χ1n) is 11.2. The molecular weight excluding hydrogens is 515 g/mol. The highest BCUT2D eigenvalue weighted by atomic mass is 127. The van der Waals surface area contributed by atoms with Crippen molar-refractivity contribution in [3.05, 3.63) is 54.1 Å². The van der Waals surface area contributed by atoms with Gasteiger partial charge in [0.05, 0.1) is 14.2 Å². The molecule has 2 heterocycles. The number of nitrogens with one attached hydrogen (secondary N) is 1. The Kier molecular flexibility index (Phi) is 8.90. The van der Waals surface area contributed by atoms with Gasteiger partial charge in [-0.25, -0.2) is 0 Å². The monoisotopic (exact) mass is 550 g/mol. The van der Waals surface area contributed by atoms with E-state index in [4.69, 9.17) is 9.47 Å². The summed E-state index contributed by atoms with van der Waals surface area (Å²) < 4.78 is 10.7. The summed E-state index contributed by atoms with van der Waals surface area (Å²) in [5, 5.41) is 3.64. The van der Waals surface area contributed by atoms with Gasteiger partial charge in [-0.15, -0.1) is 24.0 Å². The van der Waals surface area contributed by atoms with Crippen molar-refractivity contribution in [2.24, 2.45) is 10.9 Å². The van der Waals surface area contributed by atoms with E-state index in [0.29, 0.717) is 11.8 Å². The molecular formula is C25H35IN4O2. The van der Waals surface area contributed by atoms with Crippen LogP contribution in [0.1, 0.15) is 24.3 Å². The van der Waals surface area contributed by atoms with Gasteiger partial charge in [0.15, 0.2) is 5.96 Å². The highest BCUT2D eigenvalue weighted by Gasteiger charge is 2.28. The van der Waals surface area contributed by atoms with Gasteiger partial charge in [-0.05, 0) is 48.6 Å². The Labute approximate surface area is 209 Å². The summed E-state index contributed by atoms with van der Waals surface area (Å²) in [4.78, 5) is 9.41. The lowest BCUT2D eigenvalue weighted by atomic mass is 9.98. The van der Waals surface area contributed by atoms with E-state index in [-0.39, 0.29) is 24.0 Å². The third-order valence-electron chi connectivity index (χ3n) is 6.54. The molecule has 0 radical (unpaired) electrons. The van der Waals surface area contributed by atoms with Crippen LogP contribution in [0.3, 0.4) is 0 Å². The third kappa shape index (κ3) is 5.79. The van der Waals surface area contributed by atoms with E-state index >= 15 is 0 Å². The summed E-state index contributed by atoms with van der Waals surface area (Å²) in [6.45, 7) is 5.15. The Balaban J connectivity index is 0.00000289. The van der Waals surface area contributed by atoms with E-state index in [9.17, 15) is 0 Å². The van der Waals surface area contributed by atoms with Crippen molar-refractivity contribution in [3.8, 4) is 11.5 Å². The normalized spacial score (nSPS) is 20.8. The van der Waals surface area contributed by atoms with Gasteiger partial charge < -0.3 is 24.6 Å². The lowest BCUT2D eigenvalue weighted by Crippen LogP contribution is -2.42. The molecule has 2 unspecified atom stereocenters. The summed E-state index contributed by atoms with van der Waals surface area (Å²) in [7, 11) is 5.32. The Morgan fingerprint density at radius 1 is 1.00 bits per heavy atom. The van der Waals surface area contributed by atoms with Crippen LogP contribution in [0.2, 0.25) is 0 Å². The minimum atomic E-state index is 0. The molecule has 0 saturated carbocycles. The SMILES string of the molecule is CN=C(NCC1CCN(c2cccc(OC)c2)C1)N1CCC(c2ccc(OC)cc2)C1.I. The van der Waals surface area contributed by atoms with Gasteiger partial charge in [0.2, 0.25) is 0 Å². The number of guanidine groups is 1. The van der Waals surface area contributed by atoms with Crippen molar-refractivity contribution in [2.45, 2.75) is 18.8 Å². The van der Waals surface area contributed by atoms with Crippen LogP contribution in [-0.2, 0) is 0 Å². The Bertz CT molecular complexity index is 890. The lowest BCUT2D eigenvalue weighted by molar-refractivity contribution is 0.414. The second-order valence-electron chi connectivity index (χ2n) is 8.44. The maximum absolute atomic E-state index is 5.38. The van der Waals surface area contributed by atoms with Crippen LogP contribution in [0.5, 0.6) is 11.5 Å². The van der Waals surface area contributed by atoms with Gasteiger partial charge >= 0.3 is 0 Å². The molecule has 2 fully saturated rings. The number of halogens is 1. The fraction of sp³-hybridized carbons (Fsp3) is 0.480. The summed E-state index contributed by atoms with van der Waals surface area (Å²) in [6.07, 6.45) is 2.34. The Hall–Kier alpha value is -2.16. The van der Waals surface area contributed by atoms with Crippen molar-refractivity contribution < 1.29 is 9.47 Å². The van der Waals surface area contributed by atoms with Crippen molar-refractivity contribution >= 4 is 35.6 Å². The molecule has 1 N–H and O–H groups in total. The van der Waals surface area contributed by atoms with Gasteiger partial charge in [0.1, 0.15) is 11.5 Å². The molecule has 0 aromatic heterocycles. The number of hydrogen-bond donors (Lipinski definition) is 1. The first-order chi connectivity index (χ1) is 15.2. The number of nitrogens with zero attached hydrogens (tertiary/aromatic N) is 3. The van der Waals surface area contributed by atoms with E-state index < -0.39 is 0 Å². The second kappa shape index (κ2) is 11.6. The molecule has 0 aliphatic carbocycles. The number of likely N-dealkylation sites (tertiary alicyclic amines) is 1.